The molecule has 0 saturated heterocycles. The molecule has 19 rings (SSSR count). The van der Waals surface area contributed by atoms with Crippen LogP contribution in [-0.4, -0.2) is 59.3 Å². The molecule has 0 atom stereocenters. The summed E-state index contributed by atoms with van der Waals surface area (Å²) in [4.78, 5) is 35.9. The minimum Gasteiger partial charge on any atom is -0.437 e. The summed E-state index contributed by atoms with van der Waals surface area (Å²) in [7, 11) is 0. The van der Waals surface area contributed by atoms with Crippen molar-refractivity contribution in [1.29, 1.82) is 0 Å². The predicted octanol–water partition coefficient (Wildman–Crippen LogP) is 20.3. The summed E-state index contributed by atoms with van der Waals surface area (Å²) >= 11 is 0. The standard InChI is InChI=1S/C41H32N6O.C37H30N6O.C2H6/c1-40(2)41(3,4)47(38-42-35(25-15-6-5-7-16-25)34-28-19-10-13-24-33(28)48-37(34)44-38)39-43-36-31(22-14-23-32(36)46(39)40)45-29-20-11-8-17-26(29)27-18-9-12-21-30(27)45;1-6-25-31-24-16-9-12-21-30(24)44-33(31)40-34(38-25)43-35-39-32-28(19-13-20-29(32)42(35)36(2,3)37(43,4)5)41-26-17-10-7-14-22(26)23-15-8-11-18-27(23)41;1-2/h5-24H,1-4H3;6-21H,1H2,2-5H3;1-2H3. The maximum atomic E-state index is 6.42. The molecule has 0 N–H and O–H groups in total. The Morgan fingerprint density at radius 2 is 0.713 bits per heavy atom. The normalized spacial score (nSPS) is 15.3. The highest BCUT2D eigenvalue weighted by Gasteiger charge is 2.56. The predicted molar refractivity (Wildman–Crippen MR) is 385 cm³/mol. The number of nitrogens with zero attached hydrogens (tertiary/aromatic N) is 12. The van der Waals surface area contributed by atoms with Crippen molar-refractivity contribution in [2.75, 3.05) is 9.80 Å². The second-order valence-electron chi connectivity index (χ2n) is 26.3. The Morgan fingerprint density at radius 1 is 0.351 bits per heavy atom. The van der Waals surface area contributed by atoms with E-state index >= 15 is 0 Å². The zero-order valence-electron chi connectivity index (χ0n) is 54.2. The molecule has 14 nitrogen and oxygen atoms in total. The first-order chi connectivity index (χ1) is 45.7. The molecule has 8 aromatic heterocycles. The highest BCUT2D eigenvalue weighted by atomic mass is 16.3. The van der Waals surface area contributed by atoms with Crippen molar-refractivity contribution in [2.24, 2.45) is 0 Å². The van der Waals surface area contributed by atoms with Gasteiger partial charge in [-0.2, -0.15) is 9.97 Å². The maximum Gasteiger partial charge on any atom is 0.236 e. The fourth-order valence-corrected chi connectivity index (χ4v) is 14.9. The number of para-hydroxylation sites is 8. The van der Waals surface area contributed by atoms with Gasteiger partial charge in [0, 0.05) is 37.9 Å². The maximum absolute atomic E-state index is 6.42. The first-order valence-corrected chi connectivity index (χ1v) is 32.3. The Labute approximate surface area is 542 Å². The van der Waals surface area contributed by atoms with Crippen LogP contribution in [0.4, 0.5) is 23.8 Å². The SMILES string of the molecule is C=Cc1nc(N2c3nc4c(-n5c6ccccc6c6ccccc65)cccc4n3C(C)(C)C2(C)C)nc2oc3ccccc3c12.CC.CC1(C)N(c2nc(-c3ccccc3)c3c(n2)oc2ccccc23)c2nc3c(-n4c5ccccc5c5ccccc54)cccc3n2C1(C)C. The summed E-state index contributed by atoms with van der Waals surface area (Å²) in [6.07, 6.45) is 1.78. The minimum atomic E-state index is -0.444. The Bertz CT molecular complexity index is 5860. The number of imidazole rings is 2. The molecule has 94 heavy (non-hydrogen) atoms. The van der Waals surface area contributed by atoms with Gasteiger partial charge in [0.25, 0.3) is 0 Å². The quantitative estimate of drug-likeness (QED) is 0.159. The van der Waals surface area contributed by atoms with Crippen molar-refractivity contribution < 1.29 is 8.83 Å². The number of hydrogen-bond acceptors (Lipinski definition) is 10. The molecule has 14 heteroatoms. The number of anilines is 4. The van der Waals surface area contributed by atoms with Crippen LogP contribution in [0.5, 0.6) is 0 Å². The number of benzene rings is 9. The number of fused-ring (bicyclic) bond motifs is 18. The summed E-state index contributed by atoms with van der Waals surface area (Å²) in [6, 6.07) is 73.7. The average Bonchev–Trinajstić information content (AvgIpc) is 1.53. The second kappa shape index (κ2) is 20.3. The third-order valence-electron chi connectivity index (χ3n) is 20.7. The van der Waals surface area contributed by atoms with Crippen LogP contribution in [0.1, 0.15) is 74.9 Å². The molecule has 17 aromatic rings. The van der Waals surface area contributed by atoms with Gasteiger partial charge in [0.2, 0.25) is 35.2 Å². The van der Waals surface area contributed by atoms with Gasteiger partial charge in [0.15, 0.2) is 0 Å². The molecule has 2 aliphatic heterocycles. The molecular formula is C80H68N12O2. The van der Waals surface area contributed by atoms with Crippen LogP contribution >= 0.6 is 0 Å². The molecule has 0 aliphatic carbocycles. The Hall–Kier alpha value is -11.4. The first-order valence-electron chi connectivity index (χ1n) is 32.3. The summed E-state index contributed by atoms with van der Waals surface area (Å²) < 4.78 is 22.1. The van der Waals surface area contributed by atoms with Gasteiger partial charge in [0.05, 0.1) is 88.8 Å². The van der Waals surface area contributed by atoms with Crippen molar-refractivity contribution in [2.45, 2.75) is 91.4 Å². The van der Waals surface area contributed by atoms with E-state index in [2.05, 4.69) is 242 Å². The van der Waals surface area contributed by atoms with Crippen LogP contribution in [0.2, 0.25) is 0 Å². The molecule has 0 radical (unpaired) electrons. The Balaban J connectivity index is 0.000000140. The smallest absolute Gasteiger partial charge is 0.236 e. The van der Waals surface area contributed by atoms with Crippen molar-refractivity contribution in [3.8, 4) is 22.6 Å². The minimum absolute atomic E-state index is 0.364. The van der Waals surface area contributed by atoms with Gasteiger partial charge in [0.1, 0.15) is 22.2 Å². The largest absolute Gasteiger partial charge is 0.437 e. The molecule has 9 aromatic carbocycles. The van der Waals surface area contributed by atoms with Gasteiger partial charge in [-0.1, -0.05) is 172 Å². The number of aromatic nitrogens is 10. The van der Waals surface area contributed by atoms with Crippen molar-refractivity contribution in [3.63, 3.8) is 0 Å². The molecule has 10 heterocycles. The monoisotopic (exact) mass is 1230 g/mol. The van der Waals surface area contributed by atoms with Gasteiger partial charge in [-0.25, -0.2) is 19.9 Å². The highest BCUT2D eigenvalue weighted by molar-refractivity contribution is 6.13. The van der Waals surface area contributed by atoms with Gasteiger partial charge in [-0.3, -0.25) is 9.80 Å². The van der Waals surface area contributed by atoms with Crippen LogP contribution in [-0.2, 0) is 11.1 Å². The Morgan fingerprint density at radius 3 is 1.15 bits per heavy atom. The third kappa shape index (κ3) is 7.64. The van der Waals surface area contributed by atoms with Crippen LogP contribution in [0.25, 0.3) is 139 Å². The van der Waals surface area contributed by atoms with Gasteiger partial charge < -0.3 is 27.1 Å². The first kappa shape index (κ1) is 56.6. The van der Waals surface area contributed by atoms with Gasteiger partial charge in [-0.05, 0) is 122 Å². The topological polar surface area (TPSA) is 130 Å². The molecule has 0 spiro atoms. The van der Waals surface area contributed by atoms with E-state index in [9.17, 15) is 0 Å². The Kier molecular flexibility index (Phi) is 12.2. The zero-order valence-corrected chi connectivity index (χ0v) is 54.2. The molecule has 0 bridgehead atoms. The van der Waals surface area contributed by atoms with E-state index in [-0.39, 0.29) is 11.1 Å². The average molecular weight is 1230 g/mol. The van der Waals surface area contributed by atoms with E-state index < -0.39 is 11.1 Å². The van der Waals surface area contributed by atoms with E-state index in [0.29, 0.717) is 23.3 Å². The molecule has 460 valence electrons. The molecule has 0 amide bonds. The van der Waals surface area contributed by atoms with Crippen LogP contribution in [0.3, 0.4) is 0 Å². The van der Waals surface area contributed by atoms with Gasteiger partial charge in [-0.15, -0.1) is 0 Å². The third-order valence-corrected chi connectivity index (χ3v) is 20.7. The molecule has 0 saturated carbocycles. The van der Waals surface area contributed by atoms with Crippen LogP contribution < -0.4 is 9.80 Å². The number of rotatable bonds is 6. The van der Waals surface area contributed by atoms with Gasteiger partial charge >= 0.3 is 0 Å². The lowest BCUT2D eigenvalue weighted by Gasteiger charge is -2.40. The van der Waals surface area contributed by atoms with Crippen molar-refractivity contribution >= 4 is 140 Å². The van der Waals surface area contributed by atoms with Crippen molar-refractivity contribution in [1.82, 2.24) is 48.2 Å². The number of hydrogen-bond donors (Lipinski definition) is 0. The van der Waals surface area contributed by atoms with E-state index in [0.717, 1.165) is 117 Å². The fraction of sp³-hybridized carbons (Fsp3) is 0.175. The lowest BCUT2D eigenvalue weighted by molar-refractivity contribution is 0.251. The lowest BCUT2D eigenvalue weighted by Crippen LogP contribution is -2.51. The summed E-state index contributed by atoms with van der Waals surface area (Å²) in [5.74, 6) is 2.71. The van der Waals surface area contributed by atoms with Crippen molar-refractivity contribution in [3.05, 3.63) is 225 Å². The molecular weight excluding hydrogens is 1160 g/mol. The number of furan rings is 2. The van der Waals surface area contributed by atoms with E-state index in [4.69, 9.17) is 38.7 Å². The van der Waals surface area contributed by atoms with E-state index in [1.54, 1.807) is 6.08 Å². The second-order valence-corrected chi connectivity index (χ2v) is 26.3. The lowest BCUT2D eigenvalue weighted by atomic mass is 9.82. The fourth-order valence-electron chi connectivity index (χ4n) is 14.9. The highest BCUT2D eigenvalue weighted by Crippen LogP contribution is 2.54. The summed E-state index contributed by atoms with van der Waals surface area (Å²) in [6.45, 7) is 26.1. The zero-order chi connectivity index (χ0) is 64.3. The molecule has 0 unspecified atom stereocenters. The van der Waals surface area contributed by atoms with Crippen LogP contribution in [0, 0.1) is 0 Å². The summed E-state index contributed by atoms with van der Waals surface area (Å²) in [5.41, 5.74) is 14.3. The summed E-state index contributed by atoms with van der Waals surface area (Å²) in [5, 5.41) is 8.66. The van der Waals surface area contributed by atoms with E-state index in [1.165, 1.54) is 21.5 Å². The van der Waals surface area contributed by atoms with E-state index in [1.807, 2.05) is 74.5 Å². The molecule has 0 fully saturated rings. The van der Waals surface area contributed by atoms with Crippen LogP contribution in [0.15, 0.2) is 228 Å². The molecule has 2 aliphatic rings.